The van der Waals surface area contributed by atoms with Gasteiger partial charge in [-0.05, 0) is 34.8 Å². The fraction of sp³-hybridized carbons (Fsp3) is 0.615. The molecule has 2 saturated heterocycles. The van der Waals surface area contributed by atoms with Gasteiger partial charge in [-0.2, -0.15) is 9.29 Å². The molecule has 0 amide bonds. The van der Waals surface area contributed by atoms with Gasteiger partial charge >= 0.3 is 0 Å². The third kappa shape index (κ3) is 2.70. The Kier molecular flexibility index (Phi) is 4.32. The monoisotopic (exact) mass is 391 g/mol. The summed E-state index contributed by atoms with van der Waals surface area (Å²) >= 11 is 3.40. The van der Waals surface area contributed by atoms with Crippen molar-refractivity contribution < 1.29 is 18.3 Å². The zero-order valence-corrected chi connectivity index (χ0v) is 14.6. The van der Waals surface area contributed by atoms with Crippen LogP contribution in [-0.4, -0.2) is 62.2 Å². The van der Waals surface area contributed by atoms with Crippen molar-refractivity contribution in [2.24, 2.45) is 0 Å². The largest absolute Gasteiger partial charge is 0.480 e. The Labute approximate surface area is 138 Å². The summed E-state index contributed by atoms with van der Waals surface area (Å²) in [5.74, 6) is 0.683. The van der Waals surface area contributed by atoms with Gasteiger partial charge in [-0.25, -0.2) is 8.42 Å². The second kappa shape index (κ2) is 5.95. The molecule has 0 radical (unpaired) electrons. The number of hydrogen-bond acceptors (Lipinski definition) is 6. The highest BCUT2D eigenvalue weighted by molar-refractivity contribution is 9.10. The first kappa shape index (κ1) is 16.0. The van der Waals surface area contributed by atoms with E-state index in [1.807, 2.05) is 4.90 Å². The lowest BCUT2D eigenvalue weighted by Crippen LogP contribution is -2.42. The molecule has 0 spiro atoms. The van der Waals surface area contributed by atoms with E-state index in [1.54, 1.807) is 6.07 Å². The van der Waals surface area contributed by atoms with E-state index in [2.05, 4.69) is 20.9 Å². The minimum Gasteiger partial charge on any atom is -0.480 e. The Balaban J connectivity index is 2.00. The predicted octanol–water partition coefficient (Wildman–Crippen LogP) is 0.818. The molecule has 122 valence electrons. The number of nitrogens with zero attached hydrogens (tertiary/aromatic N) is 3. The molecule has 22 heavy (non-hydrogen) atoms. The molecule has 2 aliphatic rings. The lowest BCUT2D eigenvalue weighted by Gasteiger charge is -2.30. The van der Waals surface area contributed by atoms with Crippen LogP contribution in [0.5, 0.6) is 5.88 Å². The van der Waals surface area contributed by atoms with Crippen molar-refractivity contribution in [3.05, 3.63) is 10.5 Å². The molecule has 9 heteroatoms. The van der Waals surface area contributed by atoms with Crippen molar-refractivity contribution in [3.8, 4) is 5.88 Å². The molecule has 0 aliphatic carbocycles. The average molecular weight is 392 g/mol. The molecule has 0 bridgehead atoms. The average Bonchev–Trinajstić information content (AvgIpc) is 2.82. The van der Waals surface area contributed by atoms with Crippen LogP contribution in [0.1, 0.15) is 12.8 Å². The van der Waals surface area contributed by atoms with Gasteiger partial charge in [-0.1, -0.05) is 0 Å². The van der Waals surface area contributed by atoms with Gasteiger partial charge in [0.1, 0.15) is 10.7 Å². The Bertz CT molecular complexity index is 678. The summed E-state index contributed by atoms with van der Waals surface area (Å²) in [7, 11) is -2.16. The minimum atomic E-state index is -3.57. The zero-order chi connectivity index (χ0) is 15.9. The Morgan fingerprint density at radius 1 is 1.41 bits per heavy atom. The first-order chi connectivity index (χ1) is 10.4. The van der Waals surface area contributed by atoms with Gasteiger partial charge in [0, 0.05) is 26.2 Å². The van der Waals surface area contributed by atoms with Crippen molar-refractivity contribution in [1.82, 2.24) is 9.29 Å². The van der Waals surface area contributed by atoms with Crippen LogP contribution in [0.3, 0.4) is 0 Å². The summed E-state index contributed by atoms with van der Waals surface area (Å²) < 4.78 is 32.3. The number of aliphatic hydroxyl groups excluding tert-OH is 1. The van der Waals surface area contributed by atoms with Crippen molar-refractivity contribution >= 4 is 31.8 Å². The van der Waals surface area contributed by atoms with E-state index in [4.69, 9.17) is 4.74 Å². The number of β-amino-alcohol motifs (C(OH)–C–C–N with tert-alkyl or cyclic N) is 1. The molecule has 2 fully saturated rings. The first-order valence-corrected chi connectivity index (χ1v) is 9.34. The maximum atomic E-state index is 12.6. The van der Waals surface area contributed by atoms with E-state index >= 15 is 0 Å². The van der Waals surface area contributed by atoms with E-state index in [0.29, 0.717) is 42.9 Å². The second-order valence-electron chi connectivity index (χ2n) is 5.45. The van der Waals surface area contributed by atoms with Gasteiger partial charge in [-0.3, -0.25) is 0 Å². The second-order valence-corrected chi connectivity index (χ2v) is 8.21. The van der Waals surface area contributed by atoms with Crippen LogP contribution < -0.4 is 9.64 Å². The lowest BCUT2D eigenvalue weighted by molar-refractivity contribution is 0.198. The number of aliphatic hydroxyl groups is 1. The van der Waals surface area contributed by atoms with Crippen LogP contribution in [0.25, 0.3) is 0 Å². The van der Waals surface area contributed by atoms with Gasteiger partial charge in [0.05, 0.1) is 17.7 Å². The standard InChI is InChI=1S/C13H18BrN3O4S/c1-21-13-11(22(19,20)17-4-2-5-17)7-10(14)12(15-13)16-6-3-9(18)8-16/h7,9,18H,2-6,8H2,1H3. The van der Waals surface area contributed by atoms with Crippen molar-refractivity contribution in [2.45, 2.75) is 23.8 Å². The number of sulfonamides is 1. The van der Waals surface area contributed by atoms with E-state index < -0.39 is 10.0 Å². The maximum absolute atomic E-state index is 12.6. The molecular formula is C13H18BrN3O4S. The topological polar surface area (TPSA) is 83.0 Å². The number of pyridine rings is 1. The Hall–Kier alpha value is -0.900. The highest BCUT2D eigenvalue weighted by atomic mass is 79.9. The zero-order valence-electron chi connectivity index (χ0n) is 12.2. The summed E-state index contributed by atoms with van der Waals surface area (Å²) in [6.45, 7) is 2.22. The fourth-order valence-corrected chi connectivity index (χ4v) is 4.95. The molecule has 1 aromatic heterocycles. The van der Waals surface area contributed by atoms with Crippen LogP contribution in [-0.2, 0) is 10.0 Å². The van der Waals surface area contributed by atoms with E-state index in [9.17, 15) is 13.5 Å². The van der Waals surface area contributed by atoms with E-state index in [-0.39, 0.29) is 16.9 Å². The third-order valence-corrected chi connectivity index (χ3v) is 6.46. The van der Waals surface area contributed by atoms with Crippen LogP contribution in [0.2, 0.25) is 0 Å². The van der Waals surface area contributed by atoms with Gasteiger partial charge in [-0.15, -0.1) is 0 Å². The predicted molar refractivity (Wildman–Crippen MR) is 84.7 cm³/mol. The summed E-state index contributed by atoms with van der Waals surface area (Å²) in [5, 5.41) is 9.66. The highest BCUT2D eigenvalue weighted by Gasteiger charge is 2.34. The molecule has 1 atom stereocenters. The third-order valence-electron chi connectivity index (χ3n) is 3.98. The minimum absolute atomic E-state index is 0.0741. The number of methoxy groups -OCH3 is 1. The number of anilines is 1. The van der Waals surface area contributed by atoms with Crippen LogP contribution in [0.15, 0.2) is 15.4 Å². The van der Waals surface area contributed by atoms with Gasteiger partial charge in [0.25, 0.3) is 0 Å². The first-order valence-electron chi connectivity index (χ1n) is 7.11. The smallest absolute Gasteiger partial charge is 0.248 e. The number of hydrogen-bond donors (Lipinski definition) is 1. The van der Waals surface area contributed by atoms with Gasteiger partial charge in [0.15, 0.2) is 0 Å². The van der Waals surface area contributed by atoms with E-state index in [0.717, 1.165) is 6.42 Å². The summed E-state index contributed by atoms with van der Waals surface area (Å²) in [6, 6.07) is 1.54. The Morgan fingerprint density at radius 2 is 2.14 bits per heavy atom. The van der Waals surface area contributed by atoms with Crippen molar-refractivity contribution in [2.75, 3.05) is 38.2 Å². The Morgan fingerprint density at radius 3 is 2.64 bits per heavy atom. The summed E-state index contributed by atoms with van der Waals surface area (Å²) in [5.41, 5.74) is 0. The lowest BCUT2D eigenvalue weighted by atomic mass is 10.3. The van der Waals surface area contributed by atoms with Crippen molar-refractivity contribution in [1.29, 1.82) is 0 Å². The van der Waals surface area contributed by atoms with Gasteiger partial charge in [0.2, 0.25) is 15.9 Å². The molecular weight excluding hydrogens is 374 g/mol. The fourth-order valence-electron chi connectivity index (χ4n) is 2.60. The molecule has 7 nitrogen and oxygen atoms in total. The molecule has 0 aromatic carbocycles. The molecule has 1 N–H and O–H groups in total. The van der Waals surface area contributed by atoms with Crippen LogP contribution in [0.4, 0.5) is 5.82 Å². The normalized spacial score (nSPS) is 22.7. The molecule has 3 rings (SSSR count). The number of aromatic nitrogens is 1. The summed E-state index contributed by atoms with van der Waals surface area (Å²) in [6.07, 6.45) is 1.16. The van der Waals surface area contributed by atoms with Gasteiger partial charge < -0.3 is 14.7 Å². The highest BCUT2D eigenvalue weighted by Crippen LogP contribution is 2.36. The SMILES string of the molecule is COc1nc(N2CCC(O)C2)c(Br)cc1S(=O)(=O)N1CCC1. The molecule has 2 aliphatic heterocycles. The summed E-state index contributed by atoms with van der Waals surface area (Å²) in [4.78, 5) is 6.34. The van der Waals surface area contributed by atoms with Crippen molar-refractivity contribution in [3.63, 3.8) is 0 Å². The molecule has 3 heterocycles. The molecule has 1 unspecified atom stereocenters. The quantitative estimate of drug-likeness (QED) is 0.817. The maximum Gasteiger partial charge on any atom is 0.248 e. The number of ether oxygens (including phenoxy) is 1. The molecule has 1 aromatic rings. The van der Waals surface area contributed by atoms with Crippen LogP contribution in [0, 0.1) is 0 Å². The number of rotatable bonds is 4. The number of halogens is 1. The van der Waals surface area contributed by atoms with E-state index in [1.165, 1.54) is 11.4 Å². The molecule has 0 saturated carbocycles. The van der Waals surface area contributed by atoms with Crippen LogP contribution >= 0.6 is 15.9 Å².